The highest BCUT2D eigenvalue weighted by Gasteiger charge is 2.10. The first-order valence-electron chi connectivity index (χ1n) is 11.9. The first-order valence-corrected chi connectivity index (χ1v) is 11.9. The van der Waals surface area contributed by atoms with E-state index in [-0.39, 0.29) is 10.9 Å². The van der Waals surface area contributed by atoms with Gasteiger partial charge in [-0.3, -0.25) is 9.59 Å². The molecule has 0 unspecified atom stereocenters. The summed E-state index contributed by atoms with van der Waals surface area (Å²) in [6.07, 6.45) is 0. The van der Waals surface area contributed by atoms with Gasteiger partial charge in [-0.2, -0.15) is 0 Å². The van der Waals surface area contributed by atoms with Crippen molar-refractivity contribution in [2.75, 3.05) is 14.2 Å². The number of methoxy groups -OCH3 is 2. The molecule has 0 saturated heterocycles. The Kier molecular flexibility index (Phi) is 7.04. The first kappa shape index (κ1) is 24.6. The highest BCUT2D eigenvalue weighted by Crippen LogP contribution is 2.30. The Balaban J connectivity index is 0.000000155. The summed E-state index contributed by atoms with van der Waals surface area (Å²) in [6, 6.07) is 32.5. The van der Waals surface area contributed by atoms with Gasteiger partial charge in [-0.1, -0.05) is 54.6 Å². The van der Waals surface area contributed by atoms with Crippen molar-refractivity contribution in [3.05, 3.63) is 130 Å². The fraction of sp³-hybridized carbons (Fsp3) is 0.0625. The molecule has 0 radical (unpaired) electrons. The number of para-hydroxylation sites is 2. The van der Waals surface area contributed by atoms with Gasteiger partial charge in [0.25, 0.3) is 0 Å². The summed E-state index contributed by atoms with van der Waals surface area (Å²) in [5.41, 5.74) is 2.68. The average molecular weight is 505 g/mol. The van der Waals surface area contributed by atoms with Crippen LogP contribution in [0.3, 0.4) is 0 Å². The molecule has 0 aliphatic rings. The minimum Gasteiger partial charge on any atom is -0.497 e. The number of fused-ring (bicyclic) bond motifs is 2. The average Bonchev–Trinajstić information content (AvgIpc) is 2.97. The van der Waals surface area contributed by atoms with Crippen molar-refractivity contribution in [2.24, 2.45) is 0 Å². The Bertz CT molecular complexity index is 1830. The molecular formula is C32H24O6. The lowest BCUT2D eigenvalue weighted by atomic mass is 10.1. The third-order valence-electron chi connectivity index (χ3n) is 6.00. The van der Waals surface area contributed by atoms with Crippen LogP contribution in [0, 0.1) is 0 Å². The summed E-state index contributed by atoms with van der Waals surface area (Å²) < 4.78 is 22.0. The topological polar surface area (TPSA) is 78.9 Å². The van der Waals surface area contributed by atoms with Crippen molar-refractivity contribution in [3.8, 4) is 34.1 Å². The summed E-state index contributed by atoms with van der Waals surface area (Å²) in [5.74, 6) is 2.41. The molecule has 0 saturated carbocycles. The monoisotopic (exact) mass is 504 g/mol. The lowest BCUT2D eigenvalue weighted by Crippen LogP contribution is -2.00. The lowest BCUT2D eigenvalue weighted by molar-refractivity contribution is 0.415. The van der Waals surface area contributed by atoms with E-state index in [0.29, 0.717) is 45.0 Å². The third-order valence-corrected chi connectivity index (χ3v) is 6.00. The molecule has 0 fully saturated rings. The maximum atomic E-state index is 12.1. The predicted octanol–water partition coefficient (Wildman–Crippen LogP) is 6.94. The molecular weight excluding hydrogens is 480 g/mol. The number of benzene rings is 4. The quantitative estimate of drug-likeness (QED) is 0.259. The number of hydrogen-bond acceptors (Lipinski definition) is 6. The summed E-state index contributed by atoms with van der Waals surface area (Å²) in [6.45, 7) is 0. The molecule has 2 heterocycles. The number of ether oxygens (including phenoxy) is 2. The smallest absolute Gasteiger partial charge is 0.193 e. The maximum absolute atomic E-state index is 12.1. The molecule has 4 aromatic carbocycles. The summed E-state index contributed by atoms with van der Waals surface area (Å²) in [4.78, 5) is 24.2. The summed E-state index contributed by atoms with van der Waals surface area (Å²) >= 11 is 0. The second kappa shape index (κ2) is 10.9. The molecule has 38 heavy (non-hydrogen) atoms. The Morgan fingerprint density at radius 3 is 1.97 bits per heavy atom. The SMILES string of the molecule is COc1ccc2oc(-c3ccccc3)cc(=O)c2c1.COc1ccccc1-c1cc(=O)c2ccccc2o1. The van der Waals surface area contributed by atoms with E-state index in [0.717, 1.165) is 11.1 Å². The lowest BCUT2D eigenvalue weighted by Gasteiger charge is -2.07. The third kappa shape index (κ3) is 5.06. The van der Waals surface area contributed by atoms with E-state index in [2.05, 4.69) is 0 Å². The molecule has 6 nitrogen and oxygen atoms in total. The van der Waals surface area contributed by atoms with Gasteiger partial charge in [-0.25, -0.2) is 0 Å². The second-order valence-corrected chi connectivity index (χ2v) is 8.37. The second-order valence-electron chi connectivity index (χ2n) is 8.37. The van der Waals surface area contributed by atoms with E-state index >= 15 is 0 Å². The van der Waals surface area contributed by atoms with Gasteiger partial charge in [0.15, 0.2) is 10.9 Å². The molecule has 0 atom stereocenters. The highest BCUT2D eigenvalue weighted by molar-refractivity contribution is 5.80. The van der Waals surface area contributed by atoms with Crippen LogP contribution in [0.1, 0.15) is 0 Å². The molecule has 6 heteroatoms. The standard InChI is InChI=1S/2C16H12O3/c1-18-14-8-4-3-7-12(14)16-10-13(17)11-6-2-5-9-15(11)19-16;1-18-12-7-8-15-13(9-12)14(17)10-16(19-15)11-5-3-2-4-6-11/h2*2-10H,1H3. The van der Waals surface area contributed by atoms with Crippen LogP contribution >= 0.6 is 0 Å². The fourth-order valence-electron chi connectivity index (χ4n) is 4.09. The van der Waals surface area contributed by atoms with Gasteiger partial charge < -0.3 is 18.3 Å². The summed E-state index contributed by atoms with van der Waals surface area (Å²) in [7, 11) is 3.17. The van der Waals surface area contributed by atoms with Gasteiger partial charge in [0.05, 0.1) is 30.6 Å². The molecule has 0 aliphatic heterocycles. The van der Waals surface area contributed by atoms with E-state index in [9.17, 15) is 9.59 Å². The molecule has 6 aromatic rings. The zero-order valence-electron chi connectivity index (χ0n) is 20.8. The molecule has 0 aliphatic carbocycles. The van der Waals surface area contributed by atoms with Gasteiger partial charge in [0, 0.05) is 17.7 Å². The van der Waals surface area contributed by atoms with E-state index in [1.165, 1.54) is 12.1 Å². The van der Waals surface area contributed by atoms with Crippen LogP contribution in [0.4, 0.5) is 0 Å². The van der Waals surface area contributed by atoms with E-state index in [4.69, 9.17) is 18.3 Å². The van der Waals surface area contributed by atoms with Crippen molar-refractivity contribution in [1.29, 1.82) is 0 Å². The van der Waals surface area contributed by atoms with Crippen LogP contribution < -0.4 is 20.3 Å². The molecule has 6 rings (SSSR count). The van der Waals surface area contributed by atoms with E-state index < -0.39 is 0 Å². The van der Waals surface area contributed by atoms with Crippen molar-refractivity contribution in [3.63, 3.8) is 0 Å². The fourth-order valence-corrected chi connectivity index (χ4v) is 4.09. The van der Waals surface area contributed by atoms with Crippen LogP contribution in [-0.4, -0.2) is 14.2 Å². The van der Waals surface area contributed by atoms with Crippen molar-refractivity contribution >= 4 is 21.9 Å². The van der Waals surface area contributed by atoms with Gasteiger partial charge in [0.2, 0.25) is 0 Å². The molecule has 2 aromatic heterocycles. The minimum absolute atomic E-state index is 0.0530. The zero-order chi connectivity index (χ0) is 26.5. The Hall–Kier alpha value is -5.10. The Labute approximate surface area is 218 Å². The minimum atomic E-state index is -0.0704. The molecule has 0 bridgehead atoms. The maximum Gasteiger partial charge on any atom is 0.193 e. The Morgan fingerprint density at radius 2 is 1.18 bits per heavy atom. The number of rotatable bonds is 4. The highest BCUT2D eigenvalue weighted by atomic mass is 16.5. The van der Waals surface area contributed by atoms with Gasteiger partial charge in [-0.15, -0.1) is 0 Å². The largest absolute Gasteiger partial charge is 0.497 e. The van der Waals surface area contributed by atoms with Crippen LogP contribution in [-0.2, 0) is 0 Å². The van der Waals surface area contributed by atoms with Crippen molar-refractivity contribution < 1.29 is 18.3 Å². The molecule has 0 spiro atoms. The van der Waals surface area contributed by atoms with Gasteiger partial charge in [0.1, 0.15) is 34.2 Å². The number of hydrogen-bond donors (Lipinski definition) is 0. The molecule has 0 amide bonds. The Morgan fingerprint density at radius 1 is 0.553 bits per heavy atom. The van der Waals surface area contributed by atoms with Gasteiger partial charge >= 0.3 is 0 Å². The van der Waals surface area contributed by atoms with Crippen LogP contribution in [0.2, 0.25) is 0 Å². The zero-order valence-corrected chi connectivity index (χ0v) is 20.8. The first-order chi connectivity index (χ1) is 18.6. The van der Waals surface area contributed by atoms with E-state index in [1.807, 2.05) is 66.7 Å². The van der Waals surface area contributed by atoms with Crippen molar-refractivity contribution in [1.82, 2.24) is 0 Å². The molecule has 188 valence electrons. The van der Waals surface area contributed by atoms with Crippen LogP contribution in [0.15, 0.2) is 128 Å². The predicted molar refractivity (Wildman–Crippen MR) is 149 cm³/mol. The van der Waals surface area contributed by atoms with Crippen LogP contribution in [0.5, 0.6) is 11.5 Å². The molecule has 0 N–H and O–H groups in total. The van der Waals surface area contributed by atoms with Crippen LogP contribution in [0.25, 0.3) is 44.6 Å². The van der Waals surface area contributed by atoms with Crippen molar-refractivity contribution in [2.45, 2.75) is 0 Å². The van der Waals surface area contributed by atoms with Gasteiger partial charge in [-0.05, 0) is 42.5 Å². The normalized spacial score (nSPS) is 10.6. The van der Waals surface area contributed by atoms with E-state index in [1.54, 1.807) is 44.6 Å². The summed E-state index contributed by atoms with van der Waals surface area (Å²) in [5, 5.41) is 1.11.